The summed E-state index contributed by atoms with van der Waals surface area (Å²) in [7, 11) is 0. The Labute approximate surface area is 126 Å². The summed E-state index contributed by atoms with van der Waals surface area (Å²) in [6, 6.07) is 5.95. The van der Waals surface area contributed by atoms with E-state index < -0.39 is 0 Å². The first-order chi connectivity index (χ1) is 10.8. The Balaban J connectivity index is 1.66. The van der Waals surface area contributed by atoms with Crippen molar-refractivity contribution in [3.63, 3.8) is 0 Å². The van der Waals surface area contributed by atoms with E-state index in [1.54, 1.807) is 18.6 Å². The molecule has 6 heteroatoms. The van der Waals surface area contributed by atoms with Gasteiger partial charge in [0.25, 0.3) is 5.91 Å². The van der Waals surface area contributed by atoms with Crippen LogP contribution in [0.5, 0.6) is 0 Å². The van der Waals surface area contributed by atoms with Crippen molar-refractivity contribution in [1.82, 2.24) is 24.8 Å². The van der Waals surface area contributed by atoms with Crippen LogP contribution in [0.3, 0.4) is 0 Å². The average molecular weight is 291 g/mol. The van der Waals surface area contributed by atoms with Crippen LogP contribution in [-0.4, -0.2) is 37.3 Å². The summed E-state index contributed by atoms with van der Waals surface area (Å²) in [4.78, 5) is 31.0. The SMILES string of the molecule is O=C(c1cncnc1)N1CCc2nc3ncccc3cc2C1. The Morgan fingerprint density at radius 3 is 2.95 bits per heavy atom. The normalized spacial score (nSPS) is 13.9. The third-order valence-corrected chi connectivity index (χ3v) is 3.83. The lowest BCUT2D eigenvalue weighted by molar-refractivity contribution is 0.0733. The summed E-state index contributed by atoms with van der Waals surface area (Å²) in [5.41, 5.74) is 3.38. The zero-order valence-corrected chi connectivity index (χ0v) is 11.8. The topological polar surface area (TPSA) is 71.9 Å². The maximum atomic E-state index is 12.5. The predicted molar refractivity (Wildman–Crippen MR) is 80.0 cm³/mol. The molecular formula is C16H13N5O. The Morgan fingerprint density at radius 1 is 1.23 bits per heavy atom. The van der Waals surface area contributed by atoms with Gasteiger partial charge in [-0.2, -0.15) is 0 Å². The van der Waals surface area contributed by atoms with E-state index in [4.69, 9.17) is 0 Å². The van der Waals surface area contributed by atoms with Gasteiger partial charge in [0.1, 0.15) is 6.33 Å². The summed E-state index contributed by atoms with van der Waals surface area (Å²) >= 11 is 0. The molecule has 0 bridgehead atoms. The standard InChI is InChI=1S/C16H13N5O/c22-16(13-7-17-10-18-8-13)21-5-3-14-12(9-21)6-11-2-1-4-19-15(11)20-14/h1-2,4,6-8,10H,3,5,9H2. The van der Waals surface area contributed by atoms with Gasteiger partial charge in [-0.1, -0.05) is 0 Å². The third-order valence-electron chi connectivity index (χ3n) is 3.83. The van der Waals surface area contributed by atoms with Gasteiger partial charge in [0.15, 0.2) is 5.65 Å². The largest absolute Gasteiger partial charge is 0.334 e. The van der Waals surface area contributed by atoms with E-state index in [2.05, 4.69) is 26.0 Å². The van der Waals surface area contributed by atoms with Gasteiger partial charge in [0.2, 0.25) is 0 Å². The molecule has 1 aliphatic rings. The molecule has 1 aliphatic heterocycles. The summed E-state index contributed by atoms with van der Waals surface area (Å²) in [5.74, 6) is -0.0440. The van der Waals surface area contributed by atoms with Crippen LogP contribution in [0.25, 0.3) is 11.0 Å². The summed E-state index contributed by atoms with van der Waals surface area (Å²) in [6.45, 7) is 1.20. The van der Waals surface area contributed by atoms with Crippen LogP contribution in [0.15, 0.2) is 43.1 Å². The number of hydrogen-bond donors (Lipinski definition) is 0. The average Bonchev–Trinajstić information content (AvgIpc) is 2.59. The first kappa shape index (κ1) is 12.8. The molecule has 0 atom stereocenters. The van der Waals surface area contributed by atoms with E-state index in [-0.39, 0.29) is 5.91 Å². The van der Waals surface area contributed by atoms with Gasteiger partial charge in [0, 0.05) is 49.2 Å². The minimum atomic E-state index is -0.0440. The number of pyridine rings is 2. The summed E-state index contributed by atoms with van der Waals surface area (Å²) in [6.07, 6.45) is 7.00. The molecule has 22 heavy (non-hydrogen) atoms. The molecule has 0 fully saturated rings. The van der Waals surface area contributed by atoms with Crippen molar-refractivity contribution in [2.45, 2.75) is 13.0 Å². The molecule has 0 aliphatic carbocycles. The van der Waals surface area contributed by atoms with Crippen LogP contribution in [0.2, 0.25) is 0 Å². The first-order valence-electron chi connectivity index (χ1n) is 7.09. The fourth-order valence-electron chi connectivity index (χ4n) is 2.73. The highest BCUT2D eigenvalue weighted by Gasteiger charge is 2.23. The molecular weight excluding hydrogens is 278 g/mol. The van der Waals surface area contributed by atoms with E-state index >= 15 is 0 Å². The van der Waals surface area contributed by atoms with Crippen molar-refractivity contribution in [3.8, 4) is 0 Å². The molecule has 0 aromatic carbocycles. The second-order valence-electron chi connectivity index (χ2n) is 5.25. The van der Waals surface area contributed by atoms with Gasteiger partial charge in [-0.25, -0.2) is 19.9 Å². The van der Waals surface area contributed by atoms with Crippen molar-refractivity contribution in [2.24, 2.45) is 0 Å². The molecule has 0 radical (unpaired) electrons. The highest BCUT2D eigenvalue weighted by atomic mass is 16.2. The number of aromatic nitrogens is 4. The summed E-state index contributed by atoms with van der Waals surface area (Å²) in [5, 5.41) is 0.999. The van der Waals surface area contributed by atoms with Crippen LogP contribution in [0.1, 0.15) is 21.6 Å². The molecule has 3 aromatic heterocycles. The van der Waals surface area contributed by atoms with Crippen molar-refractivity contribution in [3.05, 3.63) is 59.9 Å². The molecule has 108 valence electrons. The van der Waals surface area contributed by atoms with E-state index in [1.807, 2.05) is 17.0 Å². The van der Waals surface area contributed by atoms with Crippen LogP contribution < -0.4 is 0 Å². The fraction of sp³-hybridized carbons (Fsp3) is 0.188. The van der Waals surface area contributed by atoms with E-state index in [1.165, 1.54) is 6.33 Å². The highest BCUT2D eigenvalue weighted by Crippen LogP contribution is 2.22. The molecule has 4 rings (SSSR count). The number of carbonyl (C=O) groups excluding carboxylic acids is 1. The van der Waals surface area contributed by atoms with Gasteiger partial charge in [-0.3, -0.25) is 4.79 Å². The molecule has 6 nitrogen and oxygen atoms in total. The summed E-state index contributed by atoms with van der Waals surface area (Å²) < 4.78 is 0. The Kier molecular flexibility index (Phi) is 3.00. The van der Waals surface area contributed by atoms with Crippen LogP contribution >= 0.6 is 0 Å². The number of rotatable bonds is 1. The Hall–Kier alpha value is -2.89. The minimum absolute atomic E-state index is 0.0440. The number of carbonyl (C=O) groups is 1. The molecule has 0 saturated carbocycles. The van der Waals surface area contributed by atoms with Gasteiger partial charge >= 0.3 is 0 Å². The smallest absolute Gasteiger partial charge is 0.257 e. The zero-order valence-electron chi connectivity index (χ0n) is 11.8. The van der Waals surface area contributed by atoms with Crippen LogP contribution in [0.4, 0.5) is 0 Å². The van der Waals surface area contributed by atoms with E-state index in [0.717, 1.165) is 28.7 Å². The van der Waals surface area contributed by atoms with Gasteiger partial charge < -0.3 is 4.90 Å². The van der Waals surface area contributed by atoms with E-state index in [9.17, 15) is 4.79 Å². The second kappa shape index (κ2) is 5.14. The molecule has 3 aromatic rings. The lowest BCUT2D eigenvalue weighted by atomic mass is 10.0. The molecule has 1 amide bonds. The minimum Gasteiger partial charge on any atom is -0.334 e. The van der Waals surface area contributed by atoms with Crippen molar-refractivity contribution < 1.29 is 4.79 Å². The highest BCUT2D eigenvalue weighted by molar-refractivity contribution is 5.93. The van der Waals surface area contributed by atoms with Crippen LogP contribution in [0, 0.1) is 0 Å². The predicted octanol–water partition coefficient (Wildman–Crippen LogP) is 1.62. The van der Waals surface area contributed by atoms with Gasteiger partial charge in [-0.15, -0.1) is 0 Å². The van der Waals surface area contributed by atoms with E-state index in [0.29, 0.717) is 18.7 Å². The van der Waals surface area contributed by atoms with Crippen LogP contribution in [-0.2, 0) is 13.0 Å². The lowest BCUT2D eigenvalue weighted by Gasteiger charge is -2.28. The number of hydrogen-bond acceptors (Lipinski definition) is 5. The molecule has 0 N–H and O–H groups in total. The first-order valence-corrected chi connectivity index (χ1v) is 7.09. The molecule has 0 unspecified atom stereocenters. The van der Waals surface area contributed by atoms with Gasteiger partial charge in [0.05, 0.1) is 5.56 Å². The molecule has 0 saturated heterocycles. The number of nitrogens with zero attached hydrogens (tertiary/aromatic N) is 5. The maximum absolute atomic E-state index is 12.5. The maximum Gasteiger partial charge on any atom is 0.257 e. The third kappa shape index (κ3) is 2.18. The molecule has 4 heterocycles. The second-order valence-corrected chi connectivity index (χ2v) is 5.25. The number of amides is 1. The number of fused-ring (bicyclic) bond motifs is 2. The van der Waals surface area contributed by atoms with Crippen molar-refractivity contribution in [1.29, 1.82) is 0 Å². The Morgan fingerprint density at radius 2 is 2.09 bits per heavy atom. The molecule has 0 spiro atoms. The lowest BCUT2D eigenvalue weighted by Crippen LogP contribution is -2.36. The van der Waals surface area contributed by atoms with Gasteiger partial charge in [-0.05, 0) is 23.8 Å². The monoisotopic (exact) mass is 291 g/mol. The fourth-order valence-corrected chi connectivity index (χ4v) is 2.73. The zero-order chi connectivity index (χ0) is 14.9. The van der Waals surface area contributed by atoms with Crippen molar-refractivity contribution in [2.75, 3.05) is 6.54 Å². The quantitative estimate of drug-likeness (QED) is 0.681. The Bertz CT molecular complexity index is 850. The van der Waals surface area contributed by atoms with Crippen molar-refractivity contribution >= 4 is 16.9 Å².